The number of hydrogen-bond donors (Lipinski definition) is 2. The predicted octanol–water partition coefficient (Wildman–Crippen LogP) is 1.36. The fourth-order valence-electron chi connectivity index (χ4n) is 3.36. The molecule has 2 fully saturated rings. The normalized spacial score (nSPS) is 20.8. The first-order chi connectivity index (χ1) is 12.5. The fourth-order valence-corrected chi connectivity index (χ4v) is 4.26. The zero-order valence-electron chi connectivity index (χ0n) is 14.5. The van der Waals surface area contributed by atoms with E-state index < -0.39 is 12.0 Å². The molecule has 2 saturated heterocycles. The van der Waals surface area contributed by atoms with Crippen LogP contribution in [-0.4, -0.2) is 76.4 Å². The quantitative estimate of drug-likeness (QED) is 0.805. The summed E-state index contributed by atoms with van der Waals surface area (Å²) in [5, 5.41) is 12.0. The lowest BCUT2D eigenvalue weighted by molar-refractivity contribution is -0.142. The highest BCUT2D eigenvalue weighted by Gasteiger charge is 2.31. The van der Waals surface area contributed by atoms with E-state index in [1.807, 2.05) is 16.7 Å². The van der Waals surface area contributed by atoms with Crippen molar-refractivity contribution >= 4 is 35.2 Å². The molecule has 2 N–H and O–H groups in total. The van der Waals surface area contributed by atoms with Crippen molar-refractivity contribution in [1.29, 1.82) is 0 Å². The van der Waals surface area contributed by atoms with Gasteiger partial charge in [-0.2, -0.15) is 11.8 Å². The molecule has 0 radical (unpaired) electrons. The Kier molecular flexibility index (Phi) is 6.16. The van der Waals surface area contributed by atoms with Crippen LogP contribution in [0.3, 0.4) is 0 Å². The number of thioether (sulfide) groups is 1. The molecule has 0 bridgehead atoms. The average molecular weight is 377 g/mol. The summed E-state index contributed by atoms with van der Waals surface area (Å²) in [6.07, 6.45) is 1.35. The van der Waals surface area contributed by atoms with Crippen LogP contribution < -0.4 is 5.32 Å². The molecule has 8 heteroatoms. The molecule has 0 spiro atoms. The van der Waals surface area contributed by atoms with Crippen molar-refractivity contribution in [2.75, 3.05) is 43.0 Å². The molecule has 0 saturated carbocycles. The number of anilines is 1. The van der Waals surface area contributed by atoms with Gasteiger partial charge in [0.15, 0.2) is 0 Å². The third-order valence-electron chi connectivity index (χ3n) is 4.69. The summed E-state index contributed by atoms with van der Waals surface area (Å²) in [5.41, 5.74) is 1.11. The van der Waals surface area contributed by atoms with E-state index in [9.17, 15) is 19.5 Å². The molecule has 3 rings (SSSR count). The molecule has 140 valence electrons. The molecule has 1 aromatic rings. The number of carbonyl (C=O) groups excluding carboxylic acids is 2. The minimum absolute atomic E-state index is 0.0214. The number of hydrogen-bond acceptors (Lipinski definition) is 5. The zero-order valence-corrected chi connectivity index (χ0v) is 15.3. The lowest BCUT2D eigenvalue weighted by Crippen LogP contribution is -2.41. The molecule has 0 unspecified atom stereocenters. The van der Waals surface area contributed by atoms with Crippen LogP contribution in [0.15, 0.2) is 24.3 Å². The first-order valence-electron chi connectivity index (χ1n) is 8.78. The van der Waals surface area contributed by atoms with Crippen molar-refractivity contribution in [2.24, 2.45) is 0 Å². The van der Waals surface area contributed by atoms with E-state index in [4.69, 9.17) is 0 Å². The highest BCUT2D eigenvalue weighted by molar-refractivity contribution is 7.99. The van der Waals surface area contributed by atoms with Gasteiger partial charge in [-0.1, -0.05) is 6.07 Å². The van der Waals surface area contributed by atoms with Gasteiger partial charge in [0.05, 0.1) is 6.54 Å². The number of benzene rings is 1. The van der Waals surface area contributed by atoms with Gasteiger partial charge in [-0.3, -0.25) is 19.3 Å². The largest absolute Gasteiger partial charge is 0.480 e. The molecule has 0 aromatic heterocycles. The molecule has 2 aliphatic heterocycles. The van der Waals surface area contributed by atoms with Gasteiger partial charge < -0.3 is 15.3 Å². The zero-order chi connectivity index (χ0) is 18.5. The van der Waals surface area contributed by atoms with E-state index in [1.165, 1.54) is 0 Å². The van der Waals surface area contributed by atoms with Gasteiger partial charge >= 0.3 is 5.97 Å². The monoisotopic (exact) mass is 377 g/mol. The molecule has 2 heterocycles. The van der Waals surface area contributed by atoms with Crippen LogP contribution in [0.5, 0.6) is 0 Å². The van der Waals surface area contributed by atoms with Crippen molar-refractivity contribution in [3.05, 3.63) is 29.8 Å². The van der Waals surface area contributed by atoms with E-state index in [0.29, 0.717) is 24.2 Å². The maximum atomic E-state index is 12.6. The number of carboxylic acid groups (broad SMARTS) is 1. The van der Waals surface area contributed by atoms with Gasteiger partial charge in [-0.25, -0.2) is 0 Å². The number of likely N-dealkylation sites (tertiary alicyclic amines) is 1. The molecule has 0 aliphatic carbocycles. The van der Waals surface area contributed by atoms with Gasteiger partial charge in [0, 0.05) is 35.8 Å². The highest BCUT2D eigenvalue weighted by Crippen LogP contribution is 2.18. The van der Waals surface area contributed by atoms with Gasteiger partial charge in [-0.05, 0) is 37.6 Å². The number of amides is 2. The Morgan fingerprint density at radius 2 is 1.96 bits per heavy atom. The van der Waals surface area contributed by atoms with Crippen LogP contribution >= 0.6 is 11.8 Å². The third kappa shape index (κ3) is 4.56. The Morgan fingerprint density at radius 3 is 2.69 bits per heavy atom. The molecule has 2 aliphatic rings. The van der Waals surface area contributed by atoms with Gasteiger partial charge in [0.25, 0.3) is 5.91 Å². The first-order valence-corrected chi connectivity index (χ1v) is 9.94. The highest BCUT2D eigenvalue weighted by atomic mass is 32.2. The van der Waals surface area contributed by atoms with E-state index in [1.54, 1.807) is 29.2 Å². The second-order valence-corrected chi connectivity index (χ2v) is 7.73. The number of nitrogens with one attached hydrogen (secondary N) is 1. The van der Waals surface area contributed by atoms with Crippen molar-refractivity contribution in [1.82, 2.24) is 9.80 Å². The van der Waals surface area contributed by atoms with Crippen molar-refractivity contribution < 1.29 is 19.5 Å². The van der Waals surface area contributed by atoms with Gasteiger partial charge in [0.1, 0.15) is 6.04 Å². The lowest BCUT2D eigenvalue weighted by Gasteiger charge is -2.26. The van der Waals surface area contributed by atoms with Crippen LogP contribution in [0.25, 0.3) is 0 Å². The summed E-state index contributed by atoms with van der Waals surface area (Å²) in [7, 11) is 0. The van der Waals surface area contributed by atoms with E-state index in [-0.39, 0.29) is 18.4 Å². The number of carbonyl (C=O) groups is 3. The lowest BCUT2D eigenvalue weighted by atomic mass is 10.1. The summed E-state index contributed by atoms with van der Waals surface area (Å²) in [6, 6.07) is 6.32. The molecular formula is C18H23N3O4S. The minimum Gasteiger partial charge on any atom is -0.480 e. The maximum Gasteiger partial charge on any atom is 0.320 e. The Hall–Kier alpha value is -2.06. The molecule has 7 nitrogen and oxygen atoms in total. The predicted molar refractivity (Wildman–Crippen MR) is 101 cm³/mol. The topological polar surface area (TPSA) is 90.0 Å². The van der Waals surface area contributed by atoms with Crippen LogP contribution in [-0.2, 0) is 9.59 Å². The van der Waals surface area contributed by atoms with Crippen molar-refractivity contribution in [2.45, 2.75) is 18.9 Å². The molecule has 26 heavy (non-hydrogen) atoms. The Balaban J connectivity index is 1.60. The van der Waals surface area contributed by atoms with Crippen LogP contribution in [0.2, 0.25) is 0 Å². The summed E-state index contributed by atoms with van der Waals surface area (Å²) in [4.78, 5) is 39.6. The van der Waals surface area contributed by atoms with Gasteiger partial charge in [-0.15, -0.1) is 0 Å². The SMILES string of the molecule is O=C(CN1CCC[C@H]1C(=O)O)Nc1cccc(C(=O)N2CCSCC2)c1. The Bertz CT molecular complexity index is 691. The number of carboxylic acids is 1. The summed E-state index contributed by atoms with van der Waals surface area (Å²) < 4.78 is 0. The van der Waals surface area contributed by atoms with Gasteiger partial charge in [0.2, 0.25) is 5.91 Å². The first kappa shape index (κ1) is 18.7. The van der Waals surface area contributed by atoms with Crippen LogP contribution in [0.4, 0.5) is 5.69 Å². The Labute approximate surface area is 156 Å². The molecule has 2 amide bonds. The van der Waals surface area contributed by atoms with E-state index >= 15 is 0 Å². The fraction of sp³-hybridized carbons (Fsp3) is 0.500. The maximum absolute atomic E-state index is 12.6. The second-order valence-electron chi connectivity index (χ2n) is 6.50. The Morgan fingerprint density at radius 1 is 1.19 bits per heavy atom. The second kappa shape index (κ2) is 8.55. The number of aliphatic carboxylic acids is 1. The minimum atomic E-state index is -0.886. The summed E-state index contributed by atoms with van der Waals surface area (Å²) in [5.74, 6) is 0.720. The summed E-state index contributed by atoms with van der Waals surface area (Å²) in [6.45, 7) is 2.13. The standard InChI is InChI=1S/C18H23N3O4S/c22-16(12-21-6-2-5-15(21)18(24)25)19-14-4-1-3-13(11-14)17(23)20-7-9-26-10-8-20/h1,3-4,11,15H,2,5-10,12H2,(H,19,22)(H,24,25)/t15-/m0/s1. The van der Waals surface area contributed by atoms with Crippen molar-refractivity contribution in [3.63, 3.8) is 0 Å². The molecule has 1 aromatic carbocycles. The smallest absolute Gasteiger partial charge is 0.320 e. The number of nitrogens with zero attached hydrogens (tertiary/aromatic N) is 2. The van der Waals surface area contributed by atoms with E-state index in [0.717, 1.165) is 31.0 Å². The molecular weight excluding hydrogens is 354 g/mol. The number of rotatable bonds is 5. The van der Waals surface area contributed by atoms with E-state index in [2.05, 4.69) is 5.32 Å². The van der Waals surface area contributed by atoms with Crippen LogP contribution in [0.1, 0.15) is 23.2 Å². The summed E-state index contributed by atoms with van der Waals surface area (Å²) >= 11 is 1.84. The average Bonchev–Trinajstić information content (AvgIpc) is 3.10. The van der Waals surface area contributed by atoms with Crippen LogP contribution in [0, 0.1) is 0 Å². The third-order valence-corrected chi connectivity index (χ3v) is 5.63. The van der Waals surface area contributed by atoms with Crippen molar-refractivity contribution in [3.8, 4) is 0 Å². The molecule has 1 atom stereocenters.